The van der Waals surface area contributed by atoms with Gasteiger partial charge in [-0.1, -0.05) is 132 Å². The fourth-order valence-electron chi connectivity index (χ4n) is 13.4. The third-order valence-electron chi connectivity index (χ3n) is 16.5. The summed E-state index contributed by atoms with van der Waals surface area (Å²) in [7, 11) is 0. The molecule has 0 saturated heterocycles. The van der Waals surface area contributed by atoms with Crippen molar-refractivity contribution in [1.29, 1.82) is 5.26 Å². The van der Waals surface area contributed by atoms with Crippen LogP contribution in [-0.2, 0) is 0 Å². The second kappa shape index (κ2) is 15.4. The van der Waals surface area contributed by atoms with Crippen LogP contribution < -0.4 is 0 Å². The molecule has 0 aliphatic carbocycles. The van der Waals surface area contributed by atoms with Gasteiger partial charge >= 0.3 is 0 Å². The molecule has 17 rings (SSSR count). The maximum Gasteiger partial charge on any atom is 0.237 e. The van der Waals surface area contributed by atoms with Gasteiger partial charge in [-0.05, 0) is 98.8 Å². The van der Waals surface area contributed by atoms with Gasteiger partial charge in [0.15, 0.2) is 0 Å². The van der Waals surface area contributed by atoms with E-state index in [2.05, 4.69) is 214 Å². The highest BCUT2D eigenvalue weighted by molar-refractivity contribution is 6.27. The maximum atomic E-state index is 12.7. The first-order valence-corrected chi connectivity index (χ1v) is 26.2. The van der Waals surface area contributed by atoms with Crippen LogP contribution in [0.2, 0.25) is 0 Å². The summed E-state index contributed by atoms with van der Waals surface area (Å²) in [5.41, 5.74) is 15.5. The number of rotatable bonds is 4. The first-order valence-electron chi connectivity index (χ1n) is 26.2. The van der Waals surface area contributed by atoms with Gasteiger partial charge < -0.3 is 27.1 Å². The van der Waals surface area contributed by atoms with E-state index >= 15 is 0 Å². The number of hydrogen-bond acceptors (Lipinski definition) is 3. The zero-order valence-electron chi connectivity index (χ0n) is 42.1. The molecule has 8 nitrogen and oxygen atoms in total. The first kappa shape index (κ1) is 42.5. The van der Waals surface area contributed by atoms with Gasteiger partial charge in [-0.25, -0.2) is 4.85 Å². The Hall–Kier alpha value is -10.8. The number of hydrogen-bond donors (Lipinski definition) is 0. The van der Waals surface area contributed by atoms with Crippen LogP contribution in [0.5, 0.6) is 0 Å². The van der Waals surface area contributed by atoms with Gasteiger partial charge in [0.25, 0.3) is 0 Å². The van der Waals surface area contributed by atoms with E-state index in [1.54, 1.807) is 0 Å². The number of para-hydroxylation sites is 6. The van der Waals surface area contributed by atoms with Crippen molar-refractivity contribution in [3.8, 4) is 28.8 Å². The predicted molar refractivity (Wildman–Crippen MR) is 319 cm³/mol. The van der Waals surface area contributed by atoms with Crippen LogP contribution in [0.25, 0.3) is 159 Å². The zero-order valence-corrected chi connectivity index (χ0v) is 42.1. The number of fused-ring (bicyclic) bond motifs is 20. The Bertz CT molecular complexity index is 5380. The van der Waals surface area contributed by atoms with Crippen LogP contribution in [0.3, 0.4) is 0 Å². The molecule has 0 amide bonds. The van der Waals surface area contributed by atoms with Crippen molar-refractivity contribution in [3.63, 3.8) is 0 Å². The number of nitriles is 1. The van der Waals surface area contributed by atoms with Gasteiger partial charge in [-0.3, -0.25) is 0 Å². The molecule has 0 atom stereocenters. The second-order valence-electron chi connectivity index (χ2n) is 20.7. The normalized spacial score (nSPS) is 12.2. The minimum absolute atomic E-state index is 0.313. The smallest absolute Gasteiger partial charge is 0.237 e. The van der Waals surface area contributed by atoms with Gasteiger partial charge in [0.05, 0.1) is 89.8 Å². The number of aryl methyl sites for hydroxylation is 2. The molecule has 6 heterocycles. The van der Waals surface area contributed by atoms with Gasteiger partial charge in [0.2, 0.25) is 5.69 Å². The monoisotopic (exact) mass is 996 g/mol. The molecular weight excluding hydrogens is 957 g/mol. The minimum atomic E-state index is 0.313. The van der Waals surface area contributed by atoms with Crippen LogP contribution in [-0.4, -0.2) is 18.3 Å². The molecular formula is C70H40N6O2. The van der Waals surface area contributed by atoms with Gasteiger partial charge in [-0.2, -0.15) is 5.26 Å². The molecule has 0 aliphatic heterocycles. The summed E-state index contributed by atoms with van der Waals surface area (Å²) >= 11 is 0. The summed E-state index contributed by atoms with van der Waals surface area (Å²) in [6.07, 6.45) is 0. The lowest BCUT2D eigenvalue weighted by Gasteiger charge is -2.27. The molecule has 0 unspecified atom stereocenters. The maximum absolute atomic E-state index is 12.7. The first-order chi connectivity index (χ1) is 38.5. The Morgan fingerprint density at radius 1 is 0.359 bits per heavy atom. The van der Waals surface area contributed by atoms with Crippen molar-refractivity contribution in [3.05, 3.63) is 234 Å². The Kier molecular flexibility index (Phi) is 8.40. The SMILES string of the molecule is [C-]#[N+]c1c(-n2c3ccccc3c3ccccc32)c(-n2c3ccc(C)cc3c3c4oc5ccccc5c4ccc32)c(-n2c3ccccc3c3ccccc32)c(C#N)c1-n1c2ccc(C)cc2c2c3oc4ccccc4c3ccc21. The number of aromatic nitrogens is 4. The molecule has 0 spiro atoms. The van der Waals surface area contributed by atoms with E-state index < -0.39 is 0 Å². The summed E-state index contributed by atoms with van der Waals surface area (Å²) < 4.78 is 22.9. The average Bonchev–Trinajstić information content (AvgIpc) is 3.64. The summed E-state index contributed by atoms with van der Waals surface area (Å²) in [5, 5.41) is 24.7. The standard InChI is InChI=1S/C70H40N6O2/c1-39-28-32-56-49(36-39)62-58(34-30-47-45-20-8-14-26-60(45)77-69(47)62)75(56)65-51(38-71)66(73-52-22-10-4-16-41(52)42-17-5-11-23-53(42)73)68(67(64(65)72-3)74-54-24-12-6-18-43(54)44-19-7-13-25-55(44)74)76-57-33-29-40(2)37-50(57)63-59(76)35-31-48-46-21-9-15-27-61(46)78-70(48)63/h4-37H,1-2H3. The highest BCUT2D eigenvalue weighted by Crippen LogP contribution is 2.53. The van der Waals surface area contributed by atoms with E-state index in [0.29, 0.717) is 34.0 Å². The van der Waals surface area contributed by atoms with Crippen molar-refractivity contribution in [2.24, 2.45) is 0 Å². The molecule has 78 heavy (non-hydrogen) atoms. The van der Waals surface area contributed by atoms with Crippen LogP contribution in [0, 0.1) is 31.8 Å². The van der Waals surface area contributed by atoms with E-state index in [1.807, 2.05) is 30.3 Å². The van der Waals surface area contributed by atoms with Crippen molar-refractivity contribution < 1.29 is 8.83 Å². The van der Waals surface area contributed by atoms with Crippen LogP contribution in [0.15, 0.2) is 215 Å². The summed E-state index contributed by atoms with van der Waals surface area (Å²) in [6.45, 7) is 14.1. The van der Waals surface area contributed by atoms with E-state index in [-0.39, 0.29) is 0 Å². The molecule has 0 N–H and O–H groups in total. The largest absolute Gasteiger partial charge is 0.455 e. The molecule has 0 radical (unpaired) electrons. The highest BCUT2D eigenvalue weighted by Gasteiger charge is 2.35. The molecule has 362 valence electrons. The van der Waals surface area contributed by atoms with Crippen molar-refractivity contribution >= 4 is 137 Å². The molecule has 0 fully saturated rings. The molecule has 0 bridgehead atoms. The fraction of sp³-hybridized carbons (Fsp3) is 0.0286. The molecule has 11 aromatic carbocycles. The molecule has 0 aliphatic rings. The second-order valence-corrected chi connectivity index (χ2v) is 20.7. The Morgan fingerprint density at radius 3 is 1.15 bits per heavy atom. The number of nitrogens with zero attached hydrogens (tertiary/aromatic N) is 6. The Labute approximate surface area is 444 Å². The lowest BCUT2D eigenvalue weighted by atomic mass is 10.0. The molecule has 6 aromatic heterocycles. The number of furan rings is 2. The van der Waals surface area contributed by atoms with Crippen molar-refractivity contribution in [2.45, 2.75) is 13.8 Å². The topological polar surface area (TPSA) is 74.2 Å². The van der Waals surface area contributed by atoms with Crippen LogP contribution >= 0.6 is 0 Å². The highest BCUT2D eigenvalue weighted by atomic mass is 16.3. The van der Waals surface area contributed by atoms with Gasteiger partial charge in [0.1, 0.15) is 28.4 Å². The fourth-order valence-corrected chi connectivity index (χ4v) is 13.4. The number of benzene rings is 11. The van der Waals surface area contributed by atoms with E-state index in [9.17, 15) is 11.8 Å². The molecule has 17 aromatic rings. The summed E-state index contributed by atoms with van der Waals surface area (Å²) in [6, 6.07) is 74.8. The predicted octanol–water partition coefficient (Wildman–Crippen LogP) is 18.9. The van der Waals surface area contributed by atoms with Crippen molar-refractivity contribution in [2.75, 3.05) is 0 Å². The van der Waals surface area contributed by atoms with Crippen molar-refractivity contribution in [1.82, 2.24) is 18.3 Å². The van der Waals surface area contributed by atoms with E-state index in [1.165, 1.54) is 0 Å². The third kappa shape index (κ3) is 5.39. The van der Waals surface area contributed by atoms with E-state index in [0.717, 1.165) is 142 Å². The zero-order chi connectivity index (χ0) is 51.7. The Balaban J connectivity index is 1.18. The summed E-state index contributed by atoms with van der Waals surface area (Å²) in [5.74, 6) is 0. The van der Waals surface area contributed by atoms with Gasteiger partial charge in [-0.15, -0.1) is 0 Å². The lowest BCUT2D eigenvalue weighted by molar-refractivity contribution is 0.672. The third-order valence-corrected chi connectivity index (χ3v) is 16.5. The van der Waals surface area contributed by atoms with Crippen LogP contribution in [0.1, 0.15) is 16.7 Å². The van der Waals surface area contributed by atoms with Crippen LogP contribution in [0.4, 0.5) is 5.69 Å². The average molecular weight is 997 g/mol. The lowest BCUT2D eigenvalue weighted by Crippen LogP contribution is -2.14. The summed E-state index contributed by atoms with van der Waals surface area (Å²) in [4.78, 5) is 4.80. The van der Waals surface area contributed by atoms with E-state index in [4.69, 9.17) is 13.7 Å². The minimum Gasteiger partial charge on any atom is -0.455 e. The molecule has 8 heteroatoms. The Morgan fingerprint density at radius 2 is 0.718 bits per heavy atom. The molecule has 0 saturated carbocycles. The quantitative estimate of drug-likeness (QED) is 0.165. The van der Waals surface area contributed by atoms with Gasteiger partial charge in [0, 0.05) is 53.9 Å².